The van der Waals surface area contributed by atoms with Gasteiger partial charge in [-0.3, -0.25) is 0 Å². The van der Waals surface area contributed by atoms with Crippen LogP contribution in [0.4, 0.5) is 0 Å². The van der Waals surface area contributed by atoms with Crippen LogP contribution in [-0.2, 0) is 6.54 Å². The van der Waals surface area contributed by atoms with E-state index in [4.69, 9.17) is 4.74 Å². The van der Waals surface area contributed by atoms with Crippen molar-refractivity contribution in [3.63, 3.8) is 0 Å². The molecule has 0 spiro atoms. The topological polar surface area (TPSA) is 41.5 Å². The van der Waals surface area contributed by atoms with Gasteiger partial charge in [-0.25, -0.2) is 0 Å². The smallest absolute Gasteiger partial charge is 0.119 e. The number of benzene rings is 1. The molecule has 1 rings (SSSR count). The average Bonchev–Trinajstić information content (AvgIpc) is 2.46. The third-order valence-corrected chi connectivity index (χ3v) is 3.50. The van der Waals surface area contributed by atoms with Gasteiger partial charge in [-0.2, -0.15) is 0 Å². The van der Waals surface area contributed by atoms with Gasteiger partial charge < -0.3 is 15.2 Å². The molecule has 0 amide bonds. The molecule has 0 aromatic heterocycles. The molecule has 0 bridgehead atoms. The van der Waals surface area contributed by atoms with Crippen molar-refractivity contribution in [2.75, 3.05) is 13.2 Å². The van der Waals surface area contributed by atoms with Crippen LogP contribution in [-0.4, -0.2) is 23.9 Å². The lowest BCUT2D eigenvalue weighted by Gasteiger charge is -2.25. The molecule has 0 unspecified atom stereocenters. The molecule has 3 nitrogen and oxygen atoms in total. The monoisotopic (exact) mass is 265 g/mol. The van der Waals surface area contributed by atoms with Crippen LogP contribution in [0.1, 0.15) is 45.6 Å². The van der Waals surface area contributed by atoms with Crippen LogP contribution < -0.4 is 10.1 Å². The minimum atomic E-state index is -0.579. The van der Waals surface area contributed by atoms with Gasteiger partial charge in [0.15, 0.2) is 0 Å². The van der Waals surface area contributed by atoms with Gasteiger partial charge in [-0.15, -0.1) is 0 Å². The number of hydrogen-bond acceptors (Lipinski definition) is 3. The van der Waals surface area contributed by atoms with Crippen molar-refractivity contribution in [1.82, 2.24) is 5.32 Å². The summed E-state index contributed by atoms with van der Waals surface area (Å²) in [6, 6.07) is 8.13. The maximum atomic E-state index is 10.2. The van der Waals surface area contributed by atoms with Crippen LogP contribution in [0.5, 0.6) is 5.75 Å². The first-order valence-electron chi connectivity index (χ1n) is 7.28. The molecule has 0 saturated heterocycles. The predicted molar refractivity (Wildman–Crippen MR) is 79.5 cm³/mol. The Morgan fingerprint density at radius 2 is 1.74 bits per heavy atom. The molecule has 1 aromatic rings. The summed E-state index contributed by atoms with van der Waals surface area (Å²) in [5, 5.41) is 13.5. The van der Waals surface area contributed by atoms with Crippen molar-refractivity contribution < 1.29 is 9.84 Å². The highest BCUT2D eigenvalue weighted by Crippen LogP contribution is 2.14. The van der Waals surface area contributed by atoms with Gasteiger partial charge in [0.1, 0.15) is 5.75 Å². The van der Waals surface area contributed by atoms with Crippen LogP contribution in [0.25, 0.3) is 0 Å². The fourth-order valence-corrected chi connectivity index (χ4v) is 1.86. The maximum Gasteiger partial charge on any atom is 0.119 e. The van der Waals surface area contributed by atoms with Gasteiger partial charge in [0.05, 0.1) is 12.2 Å². The van der Waals surface area contributed by atoms with Crippen LogP contribution >= 0.6 is 0 Å². The summed E-state index contributed by atoms with van der Waals surface area (Å²) in [4.78, 5) is 0. The normalized spacial score (nSPS) is 11.6. The van der Waals surface area contributed by atoms with Crippen molar-refractivity contribution in [2.45, 2.75) is 52.2 Å². The fraction of sp³-hybridized carbons (Fsp3) is 0.625. The highest BCUT2D eigenvalue weighted by atomic mass is 16.5. The lowest BCUT2D eigenvalue weighted by Crippen LogP contribution is -2.39. The van der Waals surface area contributed by atoms with Crippen molar-refractivity contribution >= 4 is 0 Å². The van der Waals surface area contributed by atoms with E-state index in [1.807, 2.05) is 26.0 Å². The van der Waals surface area contributed by atoms with E-state index in [1.54, 1.807) is 0 Å². The highest BCUT2D eigenvalue weighted by Gasteiger charge is 2.20. The molecule has 0 radical (unpaired) electrons. The Bertz CT molecular complexity index is 344. The van der Waals surface area contributed by atoms with Crippen LogP contribution in [0, 0.1) is 0 Å². The van der Waals surface area contributed by atoms with Gasteiger partial charge in [0, 0.05) is 13.1 Å². The minimum Gasteiger partial charge on any atom is -0.494 e. The fourth-order valence-electron chi connectivity index (χ4n) is 1.86. The Balaban J connectivity index is 2.37. The van der Waals surface area contributed by atoms with Crippen molar-refractivity contribution in [2.24, 2.45) is 0 Å². The Kier molecular flexibility index (Phi) is 6.89. The van der Waals surface area contributed by atoms with E-state index in [2.05, 4.69) is 24.4 Å². The van der Waals surface area contributed by atoms with Gasteiger partial charge in [0.2, 0.25) is 0 Å². The average molecular weight is 265 g/mol. The molecule has 0 saturated carbocycles. The van der Waals surface area contributed by atoms with Crippen LogP contribution in [0.2, 0.25) is 0 Å². The first kappa shape index (κ1) is 16.0. The third-order valence-electron chi connectivity index (χ3n) is 3.50. The Labute approximate surface area is 117 Å². The summed E-state index contributed by atoms with van der Waals surface area (Å²) in [5.41, 5.74) is 0.628. The molecule has 19 heavy (non-hydrogen) atoms. The van der Waals surface area contributed by atoms with Crippen molar-refractivity contribution in [1.29, 1.82) is 0 Å². The molecular weight excluding hydrogens is 238 g/mol. The number of ether oxygens (including phenoxy) is 1. The summed E-state index contributed by atoms with van der Waals surface area (Å²) >= 11 is 0. The number of rotatable bonds is 9. The zero-order valence-electron chi connectivity index (χ0n) is 12.4. The SMILES string of the molecule is CCCOc1ccc(CNCC(O)(CC)CC)cc1. The third kappa shape index (κ3) is 5.62. The van der Waals surface area contributed by atoms with Gasteiger partial charge in [0.25, 0.3) is 0 Å². The summed E-state index contributed by atoms with van der Waals surface area (Å²) in [6.45, 7) is 8.30. The molecule has 0 aliphatic heterocycles. The summed E-state index contributed by atoms with van der Waals surface area (Å²) in [7, 11) is 0. The molecule has 0 fully saturated rings. The number of hydrogen-bond donors (Lipinski definition) is 2. The van der Waals surface area contributed by atoms with E-state index in [1.165, 1.54) is 5.56 Å². The number of nitrogens with one attached hydrogen (secondary N) is 1. The summed E-state index contributed by atoms with van der Waals surface area (Å²) in [5.74, 6) is 0.921. The molecule has 0 atom stereocenters. The van der Waals surface area contributed by atoms with E-state index in [-0.39, 0.29) is 0 Å². The molecule has 0 aliphatic rings. The quantitative estimate of drug-likeness (QED) is 0.721. The maximum absolute atomic E-state index is 10.2. The highest BCUT2D eigenvalue weighted by molar-refractivity contribution is 5.27. The van der Waals surface area contributed by atoms with Gasteiger partial charge in [-0.1, -0.05) is 32.9 Å². The first-order chi connectivity index (χ1) is 9.13. The first-order valence-corrected chi connectivity index (χ1v) is 7.28. The molecule has 108 valence electrons. The Morgan fingerprint density at radius 1 is 1.11 bits per heavy atom. The van der Waals surface area contributed by atoms with E-state index in [0.29, 0.717) is 6.54 Å². The van der Waals surface area contributed by atoms with Crippen LogP contribution in [0.3, 0.4) is 0 Å². The van der Waals surface area contributed by atoms with E-state index >= 15 is 0 Å². The van der Waals surface area contributed by atoms with E-state index < -0.39 is 5.60 Å². The Hall–Kier alpha value is -1.06. The lowest BCUT2D eigenvalue weighted by atomic mass is 9.97. The van der Waals surface area contributed by atoms with Gasteiger partial charge >= 0.3 is 0 Å². The predicted octanol–water partition coefficient (Wildman–Crippen LogP) is 3.12. The molecule has 2 N–H and O–H groups in total. The zero-order valence-corrected chi connectivity index (χ0v) is 12.4. The second-order valence-electron chi connectivity index (χ2n) is 5.03. The molecule has 1 aromatic carbocycles. The molecule has 3 heteroatoms. The minimum absolute atomic E-state index is 0.579. The zero-order chi connectivity index (χ0) is 14.1. The van der Waals surface area contributed by atoms with Gasteiger partial charge in [-0.05, 0) is 37.0 Å². The molecular formula is C16H27NO2. The second-order valence-corrected chi connectivity index (χ2v) is 5.03. The molecule has 0 aliphatic carbocycles. The standard InChI is InChI=1S/C16H27NO2/c1-4-11-19-15-9-7-14(8-10-15)12-17-13-16(18,5-2)6-3/h7-10,17-18H,4-6,11-13H2,1-3H3. The number of aliphatic hydroxyl groups is 1. The summed E-state index contributed by atoms with van der Waals surface area (Å²) < 4.78 is 5.54. The second kappa shape index (κ2) is 8.18. The summed E-state index contributed by atoms with van der Waals surface area (Å²) in [6.07, 6.45) is 2.58. The lowest BCUT2D eigenvalue weighted by molar-refractivity contribution is 0.0323. The van der Waals surface area contributed by atoms with Crippen molar-refractivity contribution in [3.05, 3.63) is 29.8 Å². The molecule has 0 heterocycles. The Morgan fingerprint density at radius 3 is 2.26 bits per heavy atom. The van der Waals surface area contributed by atoms with E-state index in [0.717, 1.165) is 38.2 Å². The van der Waals surface area contributed by atoms with E-state index in [9.17, 15) is 5.11 Å². The largest absolute Gasteiger partial charge is 0.494 e. The van der Waals surface area contributed by atoms with Crippen LogP contribution in [0.15, 0.2) is 24.3 Å². The van der Waals surface area contributed by atoms with Crippen molar-refractivity contribution in [3.8, 4) is 5.75 Å².